The Bertz CT molecular complexity index is 762. The van der Waals surface area contributed by atoms with Crippen LogP contribution in [-0.4, -0.2) is 72.1 Å². The topological polar surface area (TPSA) is 70.6 Å². The lowest BCUT2D eigenvalue weighted by molar-refractivity contribution is -0.120. The van der Waals surface area contributed by atoms with Crippen LogP contribution in [0.4, 0.5) is 5.13 Å². The first kappa shape index (κ1) is 22.7. The van der Waals surface area contributed by atoms with Crippen molar-refractivity contribution in [1.82, 2.24) is 19.6 Å². The molecule has 164 valence electrons. The van der Waals surface area contributed by atoms with Gasteiger partial charge in [-0.2, -0.15) is 4.37 Å². The van der Waals surface area contributed by atoms with E-state index in [9.17, 15) is 4.79 Å². The number of carbonyl (C=O) groups excluding carboxylic acids is 1. The fourth-order valence-corrected chi connectivity index (χ4v) is 4.30. The van der Waals surface area contributed by atoms with Gasteiger partial charge in [-0.1, -0.05) is 30.3 Å². The first-order valence-corrected chi connectivity index (χ1v) is 11.6. The second kappa shape index (κ2) is 12.0. The van der Waals surface area contributed by atoms with Crippen molar-refractivity contribution in [1.29, 1.82) is 0 Å². The number of aromatic nitrogens is 2. The molecule has 7 nitrogen and oxygen atoms in total. The van der Waals surface area contributed by atoms with Crippen LogP contribution in [-0.2, 0) is 16.0 Å². The molecule has 0 atom stereocenters. The predicted octanol–water partition coefficient (Wildman–Crippen LogP) is 2.57. The molecular weight excluding hydrogens is 398 g/mol. The summed E-state index contributed by atoms with van der Waals surface area (Å²) in [6.45, 7) is 10.2. The Kier molecular flexibility index (Phi) is 9.04. The number of rotatable bonds is 11. The number of ether oxygens (including phenoxy) is 1. The number of amides is 1. The van der Waals surface area contributed by atoms with Crippen molar-refractivity contribution in [2.75, 3.05) is 50.8 Å². The zero-order chi connectivity index (χ0) is 21.2. The van der Waals surface area contributed by atoms with Crippen molar-refractivity contribution in [2.24, 2.45) is 0 Å². The molecule has 0 aliphatic carbocycles. The highest BCUT2D eigenvalue weighted by Gasteiger charge is 2.17. The molecule has 8 heteroatoms. The van der Waals surface area contributed by atoms with E-state index >= 15 is 0 Å². The molecule has 1 amide bonds. The average molecular weight is 432 g/mol. The van der Waals surface area contributed by atoms with Crippen LogP contribution >= 0.6 is 11.5 Å². The highest BCUT2D eigenvalue weighted by molar-refractivity contribution is 7.09. The Balaban J connectivity index is 1.41. The number of morpholine rings is 1. The second-order valence-electron chi connectivity index (χ2n) is 7.85. The molecule has 0 bridgehead atoms. The Morgan fingerprint density at radius 1 is 1.27 bits per heavy atom. The van der Waals surface area contributed by atoms with Gasteiger partial charge in [0.15, 0.2) is 0 Å². The SMILES string of the molecule is CC(C)N(CCC(=O)NCCCN1CCOCC1)c1nc(Cc2ccccc2)ns1. The Morgan fingerprint density at radius 2 is 2.03 bits per heavy atom. The molecular formula is C22H33N5O2S. The van der Waals surface area contributed by atoms with Crippen molar-refractivity contribution in [3.8, 4) is 0 Å². The van der Waals surface area contributed by atoms with Crippen LogP contribution in [0.3, 0.4) is 0 Å². The maximum absolute atomic E-state index is 12.3. The van der Waals surface area contributed by atoms with Gasteiger partial charge in [0, 0.05) is 56.6 Å². The summed E-state index contributed by atoms with van der Waals surface area (Å²) < 4.78 is 9.88. The Hall–Kier alpha value is -2.03. The summed E-state index contributed by atoms with van der Waals surface area (Å²) in [4.78, 5) is 21.6. The predicted molar refractivity (Wildman–Crippen MR) is 121 cm³/mol. The smallest absolute Gasteiger partial charge is 0.221 e. The molecule has 1 saturated heterocycles. The molecule has 2 aromatic rings. The average Bonchev–Trinajstić information content (AvgIpc) is 3.20. The minimum Gasteiger partial charge on any atom is -0.379 e. The summed E-state index contributed by atoms with van der Waals surface area (Å²) in [6, 6.07) is 10.5. The number of benzene rings is 1. The van der Waals surface area contributed by atoms with Crippen LogP contribution in [0.15, 0.2) is 30.3 Å². The first-order valence-electron chi connectivity index (χ1n) is 10.8. The van der Waals surface area contributed by atoms with Gasteiger partial charge in [-0.15, -0.1) is 0 Å². The van der Waals surface area contributed by atoms with E-state index in [1.54, 1.807) is 0 Å². The minimum atomic E-state index is 0.0941. The van der Waals surface area contributed by atoms with Gasteiger partial charge in [0.2, 0.25) is 11.0 Å². The number of carbonyl (C=O) groups is 1. The largest absolute Gasteiger partial charge is 0.379 e. The van der Waals surface area contributed by atoms with Gasteiger partial charge in [0.05, 0.1) is 13.2 Å². The molecule has 3 rings (SSSR count). The molecule has 1 aliphatic rings. The van der Waals surface area contributed by atoms with Gasteiger partial charge in [-0.25, -0.2) is 4.98 Å². The van der Waals surface area contributed by atoms with Crippen molar-refractivity contribution < 1.29 is 9.53 Å². The number of hydrogen-bond acceptors (Lipinski definition) is 7. The Morgan fingerprint density at radius 3 is 2.77 bits per heavy atom. The zero-order valence-electron chi connectivity index (χ0n) is 18.0. The number of hydrogen-bond donors (Lipinski definition) is 1. The van der Waals surface area contributed by atoms with Gasteiger partial charge in [-0.3, -0.25) is 9.69 Å². The standard InChI is InChI=1S/C22H33N5O2S/c1-18(2)27(22-24-20(25-30-22)17-19-7-4-3-5-8-19)12-9-21(28)23-10-6-11-26-13-15-29-16-14-26/h3-5,7-8,18H,6,9-17H2,1-2H3,(H,23,28). The van der Waals surface area contributed by atoms with Crippen molar-refractivity contribution in [3.63, 3.8) is 0 Å². The minimum absolute atomic E-state index is 0.0941. The lowest BCUT2D eigenvalue weighted by Gasteiger charge is -2.26. The van der Waals surface area contributed by atoms with E-state index < -0.39 is 0 Å². The van der Waals surface area contributed by atoms with E-state index in [1.807, 2.05) is 18.2 Å². The fraction of sp³-hybridized carbons (Fsp3) is 0.591. The molecule has 0 radical (unpaired) electrons. The van der Waals surface area contributed by atoms with Gasteiger partial charge in [0.1, 0.15) is 5.82 Å². The number of nitrogens with one attached hydrogen (secondary N) is 1. The molecule has 1 fully saturated rings. The lowest BCUT2D eigenvalue weighted by Crippen LogP contribution is -2.38. The number of nitrogens with zero attached hydrogens (tertiary/aromatic N) is 4. The fourth-order valence-electron chi connectivity index (χ4n) is 3.45. The monoisotopic (exact) mass is 431 g/mol. The van der Waals surface area contributed by atoms with Crippen LogP contribution in [0.25, 0.3) is 0 Å². The number of anilines is 1. The normalized spacial score (nSPS) is 14.8. The lowest BCUT2D eigenvalue weighted by atomic mass is 10.1. The summed E-state index contributed by atoms with van der Waals surface area (Å²) >= 11 is 1.41. The summed E-state index contributed by atoms with van der Waals surface area (Å²) in [7, 11) is 0. The molecule has 30 heavy (non-hydrogen) atoms. The van der Waals surface area contributed by atoms with E-state index in [-0.39, 0.29) is 11.9 Å². The third-order valence-corrected chi connectivity index (χ3v) is 5.98. The van der Waals surface area contributed by atoms with Crippen molar-refractivity contribution >= 4 is 22.6 Å². The van der Waals surface area contributed by atoms with E-state index in [0.29, 0.717) is 13.0 Å². The van der Waals surface area contributed by atoms with E-state index in [0.717, 1.165) is 63.2 Å². The van der Waals surface area contributed by atoms with Gasteiger partial charge < -0.3 is 15.0 Å². The molecule has 2 heterocycles. The summed E-state index contributed by atoms with van der Waals surface area (Å²) in [6.07, 6.45) is 2.16. The quantitative estimate of drug-likeness (QED) is 0.552. The first-order chi connectivity index (χ1) is 14.6. The van der Waals surface area contributed by atoms with E-state index in [4.69, 9.17) is 9.72 Å². The summed E-state index contributed by atoms with van der Waals surface area (Å²) in [5.41, 5.74) is 1.20. The third-order valence-electron chi connectivity index (χ3n) is 5.19. The summed E-state index contributed by atoms with van der Waals surface area (Å²) in [5.74, 6) is 0.927. The van der Waals surface area contributed by atoms with Gasteiger partial charge in [0.25, 0.3) is 0 Å². The highest BCUT2D eigenvalue weighted by atomic mass is 32.1. The maximum atomic E-state index is 12.3. The molecule has 0 saturated carbocycles. The zero-order valence-corrected chi connectivity index (χ0v) is 18.9. The van der Waals surface area contributed by atoms with Crippen LogP contribution in [0.5, 0.6) is 0 Å². The molecule has 1 N–H and O–H groups in total. The van der Waals surface area contributed by atoms with E-state index in [2.05, 4.69) is 45.5 Å². The van der Waals surface area contributed by atoms with Crippen LogP contribution in [0, 0.1) is 0 Å². The van der Waals surface area contributed by atoms with Crippen LogP contribution in [0.1, 0.15) is 38.1 Å². The molecule has 1 aromatic carbocycles. The maximum Gasteiger partial charge on any atom is 0.221 e. The molecule has 0 unspecified atom stereocenters. The molecule has 1 aromatic heterocycles. The third kappa shape index (κ3) is 7.34. The van der Waals surface area contributed by atoms with Gasteiger partial charge in [-0.05, 0) is 32.4 Å². The van der Waals surface area contributed by atoms with Crippen molar-refractivity contribution in [3.05, 3.63) is 41.7 Å². The van der Waals surface area contributed by atoms with Crippen molar-refractivity contribution in [2.45, 2.75) is 39.2 Å². The Labute approximate surface area is 183 Å². The highest BCUT2D eigenvalue weighted by Crippen LogP contribution is 2.21. The molecule has 1 aliphatic heterocycles. The summed E-state index contributed by atoms with van der Waals surface area (Å²) in [5, 5.41) is 3.93. The van der Waals surface area contributed by atoms with E-state index in [1.165, 1.54) is 17.1 Å². The molecule has 0 spiro atoms. The van der Waals surface area contributed by atoms with Gasteiger partial charge >= 0.3 is 0 Å². The second-order valence-corrected chi connectivity index (χ2v) is 8.58. The van der Waals surface area contributed by atoms with Crippen LogP contribution < -0.4 is 10.2 Å². The van der Waals surface area contributed by atoms with Crippen LogP contribution in [0.2, 0.25) is 0 Å².